The van der Waals surface area contributed by atoms with E-state index in [1.165, 1.54) is 0 Å². The number of carbonyl (C=O) groups is 1. The van der Waals surface area contributed by atoms with E-state index in [4.69, 9.17) is 9.78 Å². The van der Waals surface area contributed by atoms with E-state index >= 15 is 0 Å². The van der Waals surface area contributed by atoms with E-state index in [9.17, 15) is 4.79 Å². The average molecular weight is 377 g/mol. The monoisotopic (exact) mass is 377 g/mol. The van der Waals surface area contributed by atoms with Gasteiger partial charge in [-0.15, -0.1) is 5.10 Å². The number of rotatable bonds is 4. The van der Waals surface area contributed by atoms with Gasteiger partial charge in [-0.1, -0.05) is 23.4 Å². The molecule has 1 fully saturated rings. The van der Waals surface area contributed by atoms with Crippen molar-refractivity contribution in [3.63, 3.8) is 0 Å². The summed E-state index contributed by atoms with van der Waals surface area (Å²) in [5.74, 6) is 0.956. The minimum atomic E-state index is -0.0483. The van der Waals surface area contributed by atoms with Crippen molar-refractivity contribution in [1.29, 1.82) is 5.26 Å². The van der Waals surface area contributed by atoms with Gasteiger partial charge in [0.1, 0.15) is 0 Å². The number of likely N-dealkylation sites (tertiary alicyclic amines) is 1. The smallest absolute Gasteiger partial charge is 0.280 e. The predicted octanol–water partition coefficient (Wildman–Crippen LogP) is 2.24. The van der Waals surface area contributed by atoms with Gasteiger partial charge in [0.05, 0.1) is 23.9 Å². The minimum absolute atomic E-state index is 0.0483. The molecule has 1 amide bonds. The number of amides is 1. The summed E-state index contributed by atoms with van der Waals surface area (Å²) in [6, 6.07) is 9.03. The maximum Gasteiger partial charge on any atom is 0.280 e. The van der Waals surface area contributed by atoms with Crippen LogP contribution >= 0.6 is 0 Å². The first kappa shape index (κ1) is 17.9. The summed E-state index contributed by atoms with van der Waals surface area (Å²) in [6.45, 7) is 3.20. The van der Waals surface area contributed by atoms with Crippen LogP contribution in [0.25, 0.3) is 11.6 Å². The molecule has 0 spiro atoms. The van der Waals surface area contributed by atoms with Crippen LogP contribution in [0.4, 0.5) is 0 Å². The van der Waals surface area contributed by atoms with E-state index in [1.54, 1.807) is 24.3 Å². The molecule has 0 bridgehead atoms. The molecular weight excluding hydrogens is 358 g/mol. The molecule has 1 saturated heterocycles. The molecule has 142 valence electrons. The summed E-state index contributed by atoms with van der Waals surface area (Å²) in [7, 11) is 0. The molecule has 1 aliphatic rings. The molecule has 9 heteroatoms. The summed E-state index contributed by atoms with van der Waals surface area (Å²) in [5, 5.41) is 21.2. The highest BCUT2D eigenvalue weighted by atomic mass is 16.5. The van der Waals surface area contributed by atoms with Crippen LogP contribution in [0.3, 0.4) is 0 Å². The lowest BCUT2D eigenvalue weighted by atomic mass is 10.0. The van der Waals surface area contributed by atoms with E-state index < -0.39 is 0 Å². The second kappa shape index (κ2) is 7.60. The second-order valence-corrected chi connectivity index (χ2v) is 6.67. The topological polar surface area (TPSA) is 114 Å². The van der Waals surface area contributed by atoms with Crippen LogP contribution < -0.4 is 0 Å². The molecule has 1 aliphatic heterocycles. The first-order valence-electron chi connectivity index (χ1n) is 9.22. The largest absolute Gasteiger partial charge is 0.338 e. The quantitative estimate of drug-likeness (QED) is 0.685. The molecule has 28 heavy (non-hydrogen) atoms. The third-order valence-corrected chi connectivity index (χ3v) is 4.88. The molecule has 4 rings (SSSR count). The summed E-state index contributed by atoms with van der Waals surface area (Å²) >= 11 is 0. The second-order valence-electron chi connectivity index (χ2n) is 6.67. The molecule has 0 saturated carbocycles. The van der Waals surface area contributed by atoms with Gasteiger partial charge in [-0.25, -0.2) is 4.68 Å². The van der Waals surface area contributed by atoms with E-state index in [-0.39, 0.29) is 11.9 Å². The minimum Gasteiger partial charge on any atom is -0.338 e. The molecule has 0 unspecified atom stereocenters. The van der Waals surface area contributed by atoms with Gasteiger partial charge in [0.15, 0.2) is 11.5 Å². The van der Waals surface area contributed by atoms with Crippen LogP contribution in [0.15, 0.2) is 35.0 Å². The first-order chi connectivity index (χ1) is 13.7. The van der Waals surface area contributed by atoms with Gasteiger partial charge in [0.25, 0.3) is 11.8 Å². The molecule has 2 aromatic heterocycles. The van der Waals surface area contributed by atoms with Gasteiger partial charge in [-0.2, -0.15) is 10.2 Å². The molecule has 0 N–H and O–H groups in total. The van der Waals surface area contributed by atoms with Gasteiger partial charge < -0.3 is 9.42 Å². The zero-order valence-corrected chi connectivity index (χ0v) is 15.4. The number of piperidine rings is 1. The fraction of sp³-hybridized carbons (Fsp3) is 0.368. The number of benzene rings is 1. The van der Waals surface area contributed by atoms with Crippen LogP contribution in [0.2, 0.25) is 0 Å². The van der Waals surface area contributed by atoms with Crippen LogP contribution in [0.1, 0.15) is 47.6 Å². The predicted molar refractivity (Wildman–Crippen MR) is 98.0 cm³/mol. The molecule has 3 heterocycles. The van der Waals surface area contributed by atoms with Crippen LogP contribution in [0.5, 0.6) is 0 Å². The molecule has 9 nitrogen and oxygen atoms in total. The Balaban J connectivity index is 1.40. The highest BCUT2D eigenvalue weighted by Crippen LogP contribution is 2.24. The van der Waals surface area contributed by atoms with E-state index in [0.29, 0.717) is 48.0 Å². The number of hydrogen-bond acceptors (Lipinski definition) is 7. The summed E-state index contributed by atoms with van der Waals surface area (Å²) in [5.41, 5.74) is 1.59. The number of aryl methyl sites for hydroxylation is 1. The lowest BCUT2D eigenvalue weighted by Gasteiger charge is -2.31. The van der Waals surface area contributed by atoms with Crippen molar-refractivity contribution < 1.29 is 9.32 Å². The molecule has 0 aliphatic carbocycles. The lowest BCUT2D eigenvalue weighted by molar-refractivity contribution is 0.0689. The van der Waals surface area contributed by atoms with Crippen LogP contribution in [-0.4, -0.2) is 49.0 Å². The van der Waals surface area contributed by atoms with E-state index in [1.807, 2.05) is 22.7 Å². The van der Waals surface area contributed by atoms with Crippen molar-refractivity contribution in [2.75, 3.05) is 13.1 Å². The van der Waals surface area contributed by atoms with Crippen molar-refractivity contribution >= 4 is 5.91 Å². The zero-order valence-electron chi connectivity index (χ0n) is 15.4. The van der Waals surface area contributed by atoms with Crippen molar-refractivity contribution in [3.05, 3.63) is 47.4 Å². The SMILES string of the molecule is CCc1noc(-c2cn(C3CCN(C(=O)c4cccc(C#N)c4)CC3)nn2)n1. The Labute approximate surface area is 161 Å². The van der Waals surface area contributed by atoms with Crippen molar-refractivity contribution in [3.8, 4) is 17.7 Å². The fourth-order valence-electron chi connectivity index (χ4n) is 3.29. The molecule has 0 atom stereocenters. The van der Waals surface area contributed by atoms with Gasteiger partial charge in [0.2, 0.25) is 0 Å². The lowest BCUT2D eigenvalue weighted by Crippen LogP contribution is -2.39. The normalized spacial score (nSPS) is 14.8. The van der Waals surface area contributed by atoms with E-state index in [0.717, 1.165) is 12.8 Å². The summed E-state index contributed by atoms with van der Waals surface area (Å²) < 4.78 is 7.01. The fourth-order valence-corrected chi connectivity index (χ4v) is 3.29. The third-order valence-electron chi connectivity index (χ3n) is 4.88. The van der Waals surface area contributed by atoms with Crippen LogP contribution in [0, 0.1) is 11.3 Å². The van der Waals surface area contributed by atoms with Crippen molar-refractivity contribution in [1.82, 2.24) is 30.0 Å². The van der Waals surface area contributed by atoms with Gasteiger partial charge >= 0.3 is 0 Å². The Bertz CT molecular complexity index is 1020. The van der Waals surface area contributed by atoms with Gasteiger partial charge in [-0.05, 0) is 31.0 Å². The first-order valence-corrected chi connectivity index (χ1v) is 9.22. The number of nitriles is 1. The standard InChI is InChI=1S/C19H19N7O2/c1-2-17-21-18(28-23-17)16-12-26(24-22-16)15-6-8-25(9-7-15)19(27)14-5-3-4-13(10-14)11-20/h3-5,10,12,15H,2,6-9H2,1H3. The highest BCUT2D eigenvalue weighted by molar-refractivity contribution is 5.94. The van der Waals surface area contributed by atoms with Gasteiger partial charge in [-0.3, -0.25) is 4.79 Å². The Morgan fingerprint density at radius 2 is 2.18 bits per heavy atom. The molecule has 3 aromatic rings. The Hall–Kier alpha value is -3.54. The van der Waals surface area contributed by atoms with Crippen molar-refractivity contribution in [2.45, 2.75) is 32.2 Å². The van der Waals surface area contributed by atoms with Crippen LogP contribution in [-0.2, 0) is 6.42 Å². The maximum absolute atomic E-state index is 12.7. The molecular formula is C19H19N7O2. The third kappa shape index (κ3) is 3.49. The number of carbonyl (C=O) groups excluding carboxylic acids is 1. The molecule has 0 radical (unpaired) electrons. The maximum atomic E-state index is 12.7. The number of aromatic nitrogens is 5. The molecule has 1 aromatic carbocycles. The number of nitrogens with zero attached hydrogens (tertiary/aromatic N) is 7. The summed E-state index contributed by atoms with van der Waals surface area (Å²) in [6.07, 6.45) is 4.06. The Morgan fingerprint density at radius 1 is 1.36 bits per heavy atom. The number of hydrogen-bond donors (Lipinski definition) is 0. The Morgan fingerprint density at radius 3 is 2.89 bits per heavy atom. The highest BCUT2D eigenvalue weighted by Gasteiger charge is 2.26. The zero-order chi connectivity index (χ0) is 19.5. The van der Waals surface area contributed by atoms with Gasteiger partial charge in [0, 0.05) is 25.1 Å². The Kier molecular flexibility index (Phi) is 4.85. The summed E-state index contributed by atoms with van der Waals surface area (Å²) in [4.78, 5) is 18.8. The van der Waals surface area contributed by atoms with E-state index in [2.05, 4.69) is 26.5 Å². The average Bonchev–Trinajstić information content (AvgIpc) is 3.43. The van der Waals surface area contributed by atoms with Crippen molar-refractivity contribution in [2.24, 2.45) is 0 Å².